The highest BCUT2D eigenvalue weighted by Crippen LogP contribution is 2.09. The van der Waals surface area contributed by atoms with Crippen LogP contribution in [0.2, 0.25) is 0 Å². The van der Waals surface area contributed by atoms with E-state index in [2.05, 4.69) is 38.0 Å². The molecule has 0 saturated carbocycles. The maximum Gasteiger partial charge on any atom is 0.512 e. The van der Waals surface area contributed by atoms with Gasteiger partial charge in [-0.1, -0.05) is 50.8 Å². The van der Waals surface area contributed by atoms with Crippen LogP contribution in [-0.2, 0) is 0 Å². The predicted molar refractivity (Wildman–Crippen MR) is 75.0 cm³/mol. The number of ether oxygens (including phenoxy) is 1. The zero-order valence-electron chi connectivity index (χ0n) is 10.0. The maximum atomic E-state index is 5.81. The fourth-order valence-electron chi connectivity index (χ4n) is 1.64. The predicted octanol–water partition coefficient (Wildman–Crippen LogP) is 3.68. The van der Waals surface area contributed by atoms with Crippen LogP contribution >= 0.6 is 12.9 Å². The number of benzene rings is 1. The smallest absolute Gasteiger partial charge is 0.496 e. The van der Waals surface area contributed by atoms with Crippen molar-refractivity contribution in [3.63, 3.8) is 0 Å². The molecular formula is C13H19BrMgO. The topological polar surface area (TPSA) is 9.23 Å². The van der Waals surface area contributed by atoms with E-state index in [-0.39, 0.29) is 18.2 Å². The van der Waals surface area contributed by atoms with Gasteiger partial charge in [0.05, 0.1) is 12.4 Å². The summed E-state index contributed by atoms with van der Waals surface area (Å²) in [7, 11) is 0. The van der Waals surface area contributed by atoms with Crippen molar-refractivity contribution >= 4 is 34.8 Å². The van der Waals surface area contributed by atoms with Gasteiger partial charge in [0.25, 0.3) is 0 Å². The lowest BCUT2D eigenvalue weighted by Gasteiger charge is -2.10. The molecule has 0 amide bonds. The van der Waals surface area contributed by atoms with Crippen LogP contribution < -0.4 is 8.43 Å². The minimum absolute atomic E-state index is 0.298. The third-order valence-electron chi connectivity index (χ3n) is 2.62. The van der Waals surface area contributed by atoms with Crippen molar-refractivity contribution in [1.29, 1.82) is 0 Å². The highest BCUT2D eigenvalue weighted by atomic mass is 79.9. The van der Waals surface area contributed by atoms with Crippen molar-refractivity contribution < 1.29 is 4.74 Å². The van der Waals surface area contributed by atoms with Crippen molar-refractivity contribution in [3.8, 4) is 5.75 Å². The van der Waals surface area contributed by atoms with Gasteiger partial charge in [-0.05, 0) is 12.5 Å². The molecule has 86 valence electrons. The first kappa shape index (κ1) is 14.3. The molecule has 0 N–H and O–H groups in total. The molecule has 0 aliphatic rings. The molecule has 1 rings (SSSR count). The van der Waals surface area contributed by atoms with E-state index in [1.807, 2.05) is 6.07 Å². The van der Waals surface area contributed by atoms with Crippen molar-refractivity contribution in [3.05, 3.63) is 24.3 Å². The van der Waals surface area contributed by atoms with Gasteiger partial charge in [0.1, 0.15) is 0 Å². The fourth-order valence-corrected chi connectivity index (χ4v) is 3.61. The number of hydrogen-bond donors (Lipinski definition) is 0. The van der Waals surface area contributed by atoms with Crippen LogP contribution in [0.1, 0.15) is 39.0 Å². The minimum atomic E-state index is -0.298. The number of rotatable bonds is 8. The highest BCUT2D eigenvalue weighted by Gasteiger charge is 2.02. The van der Waals surface area contributed by atoms with Crippen LogP contribution in [0.15, 0.2) is 24.3 Å². The minimum Gasteiger partial charge on any atom is -0.496 e. The molecule has 0 spiro atoms. The third kappa shape index (κ3) is 5.55. The summed E-state index contributed by atoms with van der Waals surface area (Å²) in [5, 5.41) is 0. The molecule has 1 aromatic rings. The van der Waals surface area contributed by atoms with E-state index >= 15 is 0 Å². The van der Waals surface area contributed by atoms with Gasteiger partial charge in [-0.3, -0.25) is 12.9 Å². The summed E-state index contributed by atoms with van der Waals surface area (Å²) in [6.07, 6.45) is 6.47. The molecular weight excluding hydrogens is 276 g/mol. The van der Waals surface area contributed by atoms with Gasteiger partial charge in [0, 0.05) is 0 Å². The molecule has 0 heterocycles. The summed E-state index contributed by atoms with van der Waals surface area (Å²) < 4.78 is 7.18. The van der Waals surface area contributed by atoms with E-state index in [9.17, 15) is 0 Å². The Morgan fingerprint density at radius 1 is 1.12 bits per heavy atom. The molecule has 0 bridgehead atoms. The Morgan fingerprint density at radius 2 is 1.88 bits per heavy atom. The van der Waals surface area contributed by atoms with Gasteiger partial charge >= 0.3 is 18.2 Å². The molecule has 0 saturated heterocycles. The van der Waals surface area contributed by atoms with Gasteiger partial charge in [0.15, 0.2) is 0 Å². The van der Waals surface area contributed by atoms with Crippen molar-refractivity contribution in [2.45, 2.75) is 39.0 Å². The highest BCUT2D eigenvalue weighted by molar-refractivity contribution is 9.23. The second-order valence-corrected chi connectivity index (χ2v) is 6.72. The van der Waals surface area contributed by atoms with Crippen LogP contribution in [0.3, 0.4) is 0 Å². The first-order valence-corrected chi connectivity index (χ1v) is 10.8. The first-order chi connectivity index (χ1) is 7.88. The molecule has 0 unspecified atom stereocenters. The van der Waals surface area contributed by atoms with E-state index in [0.29, 0.717) is 0 Å². The first-order valence-electron chi connectivity index (χ1n) is 6.15. The van der Waals surface area contributed by atoms with E-state index in [0.717, 1.165) is 12.4 Å². The Morgan fingerprint density at radius 3 is 2.62 bits per heavy atom. The second-order valence-electron chi connectivity index (χ2n) is 4.00. The number of para-hydroxylation sites is 1. The largest absolute Gasteiger partial charge is 0.512 e. The average Bonchev–Trinajstić information content (AvgIpc) is 2.34. The molecule has 1 nitrogen and oxygen atoms in total. The number of hydrogen-bond acceptors (Lipinski definition) is 1. The molecule has 3 heteroatoms. The van der Waals surface area contributed by atoms with Gasteiger partial charge in [-0.2, -0.15) is 0 Å². The Labute approximate surface area is 115 Å². The molecule has 0 aliphatic heterocycles. The zero-order valence-corrected chi connectivity index (χ0v) is 13.0. The third-order valence-corrected chi connectivity index (χ3v) is 5.31. The van der Waals surface area contributed by atoms with Crippen molar-refractivity contribution in [2.75, 3.05) is 6.61 Å². The summed E-state index contributed by atoms with van der Waals surface area (Å²) >= 11 is 3.31. The summed E-state index contributed by atoms with van der Waals surface area (Å²) in [5.41, 5.74) is 0. The molecule has 16 heavy (non-hydrogen) atoms. The number of unbranched alkanes of at least 4 members (excludes halogenated alkanes) is 4. The Hall–Kier alpha value is 0.266. The lowest BCUT2D eigenvalue weighted by atomic mass is 10.2. The molecule has 0 atom stereocenters. The normalized spacial score (nSPS) is 9.88. The fraction of sp³-hybridized carbons (Fsp3) is 0.538. The van der Waals surface area contributed by atoms with Gasteiger partial charge < -0.3 is 4.74 Å². The molecule has 0 aromatic heterocycles. The second kappa shape index (κ2) is 9.31. The van der Waals surface area contributed by atoms with Crippen LogP contribution in [0.25, 0.3) is 0 Å². The maximum absolute atomic E-state index is 5.81. The SMILES string of the molecule is CCCCCCCOc1cccc[c]1[Mg][Br]. The van der Waals surface area contributed by atoms with Crippen molar-refractivity contribution in [2.24, 2.45) is 0 Å². The Balaban J connectivity index is 2.21. The van der Waals surface area contributed by atoms with E-state index in [1.54, 1.807) is 0 Å². The Bertz CT molecular complexity index is 291. The number of halogens is 1. The molecule has 0 radical (unpaired) electrons. The molecule has 0 aliphatic carbocycles. The molecule has 1 aromatic carbocycles. The molecule has 0 fully saturated rings. The quantitative estimate of drug-likeness (QED) is 0.525. The van der Waals surface area contributed by atoms with Crippen LogP contribution in [0, 0.1) is 0 Å². The monoisotopic (exact) mass is 294 g/mol. The standard InChI is InChI=1S/C13H19O.BrH.Mg/c1-2-3-4-5-9-12-14-13-10-7-6-8-11-13;;/h6-8,10H,2-5,9,12H2,1H3;1H;/q;;+1/p-1. The zero-order chi connectivity index (χ0) is 11.6. The lowest BCUT2D eigenvalue weighted by Crippen LogP contribution is -2.13. The van der Waals surface area contributed by atoms with Crippen LogP contribution in [0.4, 0.5) is 0 Å². The van der Waals surface area contributed by atoms with Crippen LogP contribution in [0.5, 0.6) is 5.75 Å². The van der Waals surface area contributed by atoms with E-state index in [1.165, 1.54) is 35.8 Å². The Kier molecular flexibility index (Phi) is 8.34. The van der Waals surface area contributed by atoms with Gasteiger partial charge in [-0.15, -0.1) is 3.69 Å². The summed E-state index contributed by atoms with van der Waals surface area (Å²) in [6, 6.07) is 8.37. The van der Waals surface area contributed by atoms with E-state index < -0.39 is 0 Å². The van der Waals surface area contributed by atoms with Crippen molar-refractivity contribution in [1.82, 2.24) is 0 Å². The summed E-state index contributed by atoms with van der Waals surface area (Å²) in [5.74, 6) is 1.08. The lowest BCUT2D eigenvalue weighted by molar-refractivity contribution is 0.307. The summed E-state index contributed by atoms with van der Waals surface area (Å²) in [6.45, 7) is 3.11. The van der Waals surface area contributed by atoms with Crippen LogP contribution in [-0.4, -0.2) is 24.8 Å². The van der Waals surface area contributed by atoms with E-state index in [4.69, 9.17) is 4.74 Å². The average molecular weight is 296 g/mol. The van der Waals surface area contributed by atoms with Gasteiger partial charge in [0.2, 0.25) is 0 Å². The summed E-state index contributed by atoms with van der Waals surface area (Å²) in [4.78, 5) is 0. The van der Waals surface area contributed by atoms with Gasteiger partial charge in [-0.25, -0.2) is 0 Å².